The quantitative estimate of drug-likeness (QED) is 0.361. The summed E-state index contributed by atoms with van der Waals surface area (Å²) < 4.78 is 103. The smallest absolute Gasteiger partial charge is 0.170 e. The molecule has 0 N–H and O–H groups in total. The van der Waals surface area contributed by atoms with Crippen molar-refractivity contribution in [2.75, 3.05) is 0 Å². The van der Waals surface area contributed by atoms with Crippen LogP contribution < -0.4 is 0 Å². The fourth-order valence-electron chi connectivity index (χ4n) is 3.31. The first kappa shape index (κ1) is 22.2. The molecule has 7 heteroatoms. The molecule has 0 aromatic heterocycles. The Bertz CT molecular complexity index is 863. The van der Waals surface area contributed by atoms with Gasteiger partial charge < -0.3 is 0 Å². The van der Waals surface area contributed by atoms with Gasteiger partial charge in [0.25, 0.3) is 0 Å². The fraction of sp³-hybridized carbons (Fsp3) is 0.429. The predicted octanol–water partition coefficient (Wildman–Crippen LogP) is 7.70. The molecule has 28 heavy (non-hydrogen) atoms. The Morgan fingerprint density at radius 2 is 0.607 bits per heavy atom. The van der Waals surface area contributed by atoms with Crippen LogP contribution in [0.25, 0.3) is 11.1 Å². The first-order chi connectivity index (χ1) is 12.8. The Kier molecular flexibility index (Phi) is 6.16. The first-order valence-corrected chi connectivity index (χ1v) is 8.90. The van der Waals surface area contributed by atoms with Gasteiger partial charge in [-0.25, -0.2) is 30.7 Å². The summed E-state index contributed by atoms with van der Waals surface area (Å²) in [5.74, 6) is -14.2. The fourth-order valence-corrected chi connectivity index (χ4v) is 3.31. The highest BCUT2D eigenvalue weighted by Gasteiger charge is 2.35. The van der Waals surface area contributed by atoms with Crippen LogP contribution in [0.1, 0.15) is 76.0 Å². The van der Waals surface area contributed by atoms with Crippen molar-refractivity contribution in [2.24, 2.45) is 0 Å². The van der Waals surface area contributed by atoms with Crippen LogP contribution >= 0.6 is 0 Å². The van der Waals surface area contributed by atoms with Crippen molar-refractivity contribution in [2.45, 2.75) is 59.3 Å². The Morgan fingerprint density at radius 3 is 0.893 bits per heavy atom. The lowest BCUT2D eigenvalue weighted by Gasteiger charge is -2.21. The minimum absolute atomic E-state index is 0.604. The van der Waals surface area contributed by atoms with Gasteiger partial charge in [0, 0.05) is 16.7 Å². The number of hydrogen-bond acceptors (Lipinski definition) is 0. The molecular weight excluding hydrogens is 385 g/mol. The van der Waals surface area contributed by atoms with E-state index in [0.717, 1.165) is 0 Å². The van der Waals surface area contributed by atoms with E-state index >= 15 is 0 Å². The van der Waals surface area contributed by atoms with E-state index in [9.17, 15) is 30.7 Å². The lowest BCUT2D eigenvalue weighted by molar-refractivity contribution is 0.433. The third kappa shape index (κ3) is 3.29. The molecule has 0 atom stereocenters. The molecule has 2 rings (SSSR count). The molecule has 154 valence electrons. The van der Waals surface area contributed by atoms with Crippen LogP contribution in [-0.2, 0) is 0 Å². The van der Waals surface area contributed by atoms with E-state index in [1.54, 1.807) is 0 Å². The van der Waals surface area contributed by atoms with Crippen molar-refractivity contribution < 1.29 is 30.7 Å². The molecular formula is C21H21F7. The van der Waals surface area contributed by atoms with Gasteiger partial charge in [0.05, 0.1) is 11.1 Å². The zero-order valence-electron chi connectivity index (χ0n) is 16.4. The Balaban J connectivity index is 3.10. The SMILES string of the molecule is CC(C)c1c(F)c(F)c(-c2c(F)c(C(C)C)c(F)c(C(C)C)c2F)c(F)c1F. The van der Waals surface area contributed by atoms with E-state index in [2.05, 4.69) is 0 Å². The summed E-state index contributed by atoms with van der Waals surface area (Å²) in [5.41, 5.74) is -4.90. The molecule has 0 heterocycles. The van der Waals surface area contributed by atoms with Crippen molar-refractivity contribution in [3.8, 4) is 11.1 Å². The molecule has 0 aliphatic heterocycles. The van der Waals surface area contributed by atoms with Crippen LogP contribution in [0, 0.1) is 40.7 Å². The summed E-state index contributed by atoms with van der Waals surface area (Å²) in [4.78, 5) is 0. The van der Waals surface area contributed by atoms with Gasteiger partial charge in [-0.15, -0.1) is 0 Å². The zero-order valence-corrected chi connectivity index (χ0v) is 16.4. The average molecular weight is 406 g/mol. The summed E-state index contributed by atoms with van der Waals surface area (Å²) >= 11 is 0. The van der Waals surface area contributed by atoms with Crippen LogP contribution in [0.3, 0.4) is 0 Å². The van der Waals surface area contributed by atoms with Crippen LogP contribution in [0.5, 0.6) is 0 Å². The molecule has 0 aliphatic rings. The second-order valence-corrected chi connectivity index (χ2v) is 7.65. The highest BCUT2D eigenvalue weighted by atomic mass is 19.2. The maximum Gasteiger partial charge on any atom is 0.170 e. The molecule has 0 nitrogen and oxygen atoms in total. The van der Waals surface area contributed by atoms with Gasteiger partial charge in [-0.3, -0.25) is 0 Å². The molecule has 0 amide bonds. The predicted molar refractivity (Wildman–Crippen MR) is 93.9 cm³/mol. The van der Waals surface area contributed by atoms with Crippen molar-refractivity contribution in [3.05, 3.63) is 57.4 Å². The van der Waals surface area contributed by atoms with Gasteiger partial charge in [-0.05, 0) is 17.8 Å². The number of halogens is 7. The molecule has 0 radical (unpaired) electrons. The highest BCUT2D eigenvalue weighted by molar-refractivity contribution is 5.70. The first-order valence-electron chi connectivity index (χ1n) is 8.90. The van der Waals surface area contributed by atoms with E-state index in [0.29, 0.717) is 0 Å². The zero-order chi connectivity index (χ0) is 21.7. The van der Waals surface area contributed by atoms with Gasteiger partial charge in [-0.1, -0.05) is 41.5 Å². The van der Waals surface area contributed by atoms with Crippen molar-refractivity contribution in [3.63, 3.8) is 0 Å². The van der Waals surface area contributed by atoms with Crippen LogP contribution in [0.4, 0.5) is 30.7 Å². The third-order valence-corrected chi connectivity index (χ3v) is 4.66. The van der Waals surface area contributed by atoms with Crippen LogP contribution in [0.2, 0.25) is 0 Å². The monoisotopic (exact) mass is 406 g/mol. The van der Waals surface area contributed by atoms with Gasteiger partial charge in [0.15, 0.2) is 23.3 Å². The Hall–Kier alpha value is -2.05. The summed E-state index contributed by atoms with van der Waals surface area (Å²) in [7, 11) is 0. The molecule has 0 bridgehead atoms. The van der Waals surface area contributed by atoms with Crippen LogP contribution in [-0.4, -0.2) is 0 Å². The minimum Gasteiger partial charge on any atom is -0.206 e. The Labute approximate surface area is 159 Å². The molecule has 2 aromatic carbocycles. The van der Waals surface area contributed by atoms with E-state index in [1.807, 2.05) is 0 Å². The molecule has 0 unspecified atom stereocenters. The van der Waals surface area contributed by atoms with E-state index in [4.69, 9.17) is 0 Å². The standard InChI is InChI=1S/C21H21F7/c1-7(2)10-15(22)11(8(3)4)17(24)13(16(10)23)14-20(27)18(25)12(9(5)6)19(26)21(14)28/h7-9H,1-6H3. The number of hydrogen-bond donors (Lipinski definition) is 0. The highest BCUT2D eigenvalue weighted by Crippen LogP contribution is 2.42. The van der Waals surface area contributed by atoms with Gasteiger partial charge in [0.2, 0.25) is 0 Å². The van der Waals surface area contributed by atoms with Gasteiger partial charge in [0.1, 0.15) is 17.5 Å². The van der Waals surface area contributed by atoms with E-state index in [-0.39, 0.29) is 0 Å². The molecule has 2 aromatic rings. The summed E-state index contributed by atoms with van der Waals surface area (Å²) in [6.45, 7) is 8.25. The topological polar surface area (TPSA) is 0 Å². The summed E-state index contributed by atoms with van der Waals surface area (Å²) in [6, 6.07) is 0. The van der Waals surface area contributed by atoms with Gasteiger partial charge >= 0.3 is 0 Å². The van der Waals surface area contributed by atoms with Crippen LogP contribution in [0.15, 0.2) is 0 Å². The van der Waals surface area contributed by atoms with E-state index in [1.165, 1.54) is 41.5 Å². The number of rotatable bonds is 4. The van der Waals surface area contributed by atoms with Gasteiger partial charge in [-0.2, -0.15) is 0 Å². The minimum atomic E-state index is -1.92. The maximum atomic E-state index is 15.0. The average Bonchev–Trinajstić information content (AvgIpc) is 2.55. The normalized spacial score (nSPS) is 12.0. The lowest BCUT2D eigenvalue weighted by atomic mass is 9.87. The molecule has 0 fully saturated rings. The molecule has 0 spiro atoms. The third-order valence-electron chi connectivity index (χ3n) is 4.66. The number of benzene rings is 2. The Morgan fingerprint density at radius 1 is 0.357 bits per heavy atom. The maximum absolute atomic E-state index is 15.0. The molecule has 0 saturated heterocycles. The summed E-state index contributed by atoms with van der Waals surface area (Å²) in [5, 5.41) is 0. The lowest BCUT2D eigenvalue weighted by Crippen LogP contribution is -2.14. The second kappa shape index (κ2) is 7.76. The van der Waals surface area contributed by atoms with Crippen molar-refractivity contribution >= 4 is 0 Å². The summed E-state index contributed by atoms with van der Waals surface area (Å²) in [6.07, 6.45) is 0. The molecule has 0 saturated carbocycles. The largest absolute Gasteiger partial charge is 0.206 e. The second-order valence-electron chi connectivity index (χ2n) is 7.65. The van der Waals surface area contributed by atoms with Crippen molar-refractivity contribution in [1.82, 2.24) is 0 Å². The molecule has 0 aliphatic carbocycles. The van der Waals surface area contributed by atoms with E-state index < -0.39 is 86.3 Å². The van der Waals surface area contributed by atoms with Crippen molar-refractivity contribution in [1.29, 1.82) is 0 Å².